The second-order valence-electron chi connectivity index (χ2n) is 7.67. The Morgan fingerprint density at radius 3 is 2.85 bits per heavy atom. The van der Waals surface area contributed by atoms with Crippen molar-refractivity contribution in [1.82, 2.24) is 14.6 Å². The van der Waals surface area contributed by atoms with Gasteiger partial charge in [0.2, 0.25) is 0 Å². The number of nitriles is 1. The van der Waals surface area contributed by atoms with Crippen LogP contribution in [0.5, 0.6) is 0 Å². The van der Waals surface area contributed by atoms with Crippen LogP contribution in [-0.4, -0.2) is 31.3 Å². The molecule has 7 heteroatoms. The third kappa shape index (κ3) is 4.01. The highest BCUT2D eigenvalue weighted by molar-refractivity contribution is 5.67. The van der Waals surface area contributed by atoms with Gasteiger partial charge in [-0.3, -0.25) is 0 Å². The zero-order valence-corrected chi connectivity index (χ0v) is 15.4. The number of benzene rings is 1. The maximum Gasteiger partial charge on any atom is 0.177 e. The number of hydrogen-bond acceptors (Lipinski definition) is 6. The molecule has 0 radical (unpaired) electrons. The fraction of sp³-hybridized carbons (Fsp3) is 0.350. The molecule has 0 saturated heterocycles. The molecule has 0 unspecified atom stereocenters. The van der Waals surface area contributed by atoms with Crippen molar-refractivity contribution in [2.75, 3.05) is 10.6 Å². The number of rotatable bonds is 6. The first-order valence-electron chi connectivity index (χ1n) is 9.05. The van der Waals surface area contributed by atoms with Gasteiger partial charge in [0, 0.05) is 24.2 Å². The number of nitrogens with zero attached hydrogens (tertiary/aromatic N) is 4. The maximum atomic E-state index is 10.0. The van der Waals surface area contributed by atoms with Gasteiger partial charge in [0.05, 0.1) is 11.8 Å². The predicted octanol–water partition coefficient (Wildman–Crippen LogP) is 3.23. The summed E-state index contributed by atoms with van der Waals surface area (Å²) in [4.78, 5) is 4.57. The van der Waals surface area contributed by atoms with E-state index in [4.69, 9.17) is 0 Å². The van der Waals surface area contributed by atoms with Crippen molar-refractivity contribution >= 4 is 23.0 Å². The Bertz CT molecular complexity index is 1020. The summed E-state index contributed by atoms with van der Waals surface area (Å²) in [5.41, 5.74) is 2.11. The molecule has 1 aromatic carbocycles. The average Bonchev–Trinajstić information content (AvgIpc) is 3.30. The molecule has 138 valence electrons. The van der Waals surface area contributed by atoms with Crippen LogP contribution in [0.15, 0.2) is 36.5 Å². The van der Waals surface area contributed by atoms with Gasteiger partial charge in [0.1, 0.15) is 23.3 Å². The zero-order chi connectivity index (χ0) is 19.0. The van der Waals surface area contributed by atoms with Gasteiger partial charge in [-0.25, -0.2) is 4.98 Å². The van der Waals surface area contributed by atoms with Gasteiger partial charge in [-0.15, -0.1) is 0 Å². The van der Waals surface area contributed by atoms with Crippen LogP contribution in [0, 0.1) is 11.3 Å². The number of anilines is 3. The van der Waals surface area contributed by atoms with Crippen LogP contribution in [0.25, 0.3) is 5.65 Å². The van der Waals surface area contributed by atoms with E-state index >= 15 is 0 Å². The fourth-order valence-electron chi connectivity index (χ4n) is 3.05. The summed E-state index contributed by atoms with van der Waals surface area (Å²) >= 11 is 0. The Hall–Kier alpha value is -3.11. The minimum absolute atomic E-state index is 0.438. The highest BCUT2D eigenvalue weighted by atomic mass is 16.3. The van der Waals surface area contributed by atoms with Gasteiger partial charge in [-0.2, -0.15) is 14.9 Å². The van der Waals surface area contributed by atoms with E-state index in [9.17, 15) is 10.4 Å². The van der Waals surface area contributed by atoms with Crippen molar-refractivity contribution in [3.8, 4) is 6.07 Å². The molecule has 0 amide bonds. The molecular formula is C20H22N6O. The number of fused-ring (bicyclic) bond motifs is 1. The molecule has 3 aromatic rings. The number of nitrogens with one attached hydrogen (secondary N) is 2. The van der Waals surface area contributed by atoms with Crippen molar-refractivity contribution < 1.29 is 5.11 Å². The summed E-state index contributed by atoms with van der Waals surface area (Å²) in [6.45, 7) is 3.59. The van der Waals surface area contributed by atoms with Gasteiger partial charge in [0.25, 0.3) is 0 Å². The zero-order valence-electron chi connectivity index (χ0n) is 15.4. The van der Waals surface area contributed by atoms with Crippen LogP contribution < -0.4 is 10.6 Å². The van der Waals surface area contributed by atoms with E-state index in [0.29, 0.717) is 29.5 Å². The molecule has 3 N–H and O–H groups in total. The second kappa shape index (κ2) is 6.56. The van der Waals surface area contributed by atoms with Gasteiger partial charge in [0.15, 0.2) is 5.65 Å². The van der Waals surface area contributed by atoms with Gasteiger partial charge in [-0.1, -0.05) is 12.1 Å². The van der Waals surface area contributed by atoms with Crippen LogP contribution in [-0.2, 0) is 6.42 Å². The number of aliphatic hydroxyl groups is 1. The standard InChI is InChI=1S/C20H22N6O/c1-20(2,27)10-13-4-3-5-16(8-13)23-17-9-18(24-15-6-7-15)26-19(25-17)14(11-21)12-22-26/h3-5,8-9,12,15,24,27H,6-7,10H2,1-2H3,(H,23,25). The maximum absolute atomic E-state index is 10.0. The van der Waals surface area contributed by atoms with E-state index in [0.717, 1.165) is 29.9 Å². The number of hydrogen-bond donors (Lipinski definition) is 3. The van der Waals surface area contributed by atoms with E-state index in [1.165, 1.54) is 6.20 Å². The monoisotopic (exact) mass is 362 g/mol. The SMILES string of the molecule is CC(C)(O)Cc1cccc(Nc2cc(NC3CC3)n3ncc(C#N)c3n2)c1. The van der Waals surface area contributed by atoms with Crippen LogP contribution in [0.4, 0.5) is 17.3 Å². The minimum Gasteiger partial charge on any atom is -0.390 e. The van der Waals surface area contributed by atoms with E-state index in [1.807, 2.05) is 30.3 Å². The van der Waals surface area contributed by atoms with Gasteiger partial charge < -0.3 is 15.7 Å². The van der Waals surface area contributed by atoms with Crippen molar-refractivity contribution in [3.63, 3.8) is 0 Å². The summed E-state index contributed by atoms with van der Waals surface area (Å²) in [7, 11) is 0. The Balaban J connectivity index is 1.67. The van der Waals surface area contributed by atoms with Crippen LogP contribution in [0.2, 0.25) is 0 Å². The molecule has 7 nitrogen and oxygen atoms in total. The van der Waals surface area contributed by atoms with E-state index < -0.39 is 5.60 Å². The van der Waals surface area contributed by atoms with E-state index in [1.54, 1.807) is 18.4 Å². The lowest BCUT2D eigenvalue weighted by Gasteiger charge is -2.17. The topological polar surface area (TPSA) is 98.3 Å². The van der Waals surface area contributed by atoms with E-state index in [-0.39, 0.29) is 0 Å². The molecule has 0 aliphatic heterocycles. The third-order valence-electron chi connectivity index (χ3n) is 4.36. The molecular weight excluding hydrogens is 340 g/mol. The molecule has 4 rings (SSSR count). The first kappa shape index (κ1) is 17.3. The van der Waals surface area contributed by atoms with Gasteiger partial charge >= 0.3 is 0 Å². The number of aromatic nitrogens is 3. The molecule has 1 aliphatic rings. The molecule has 1 saturated carbocycles. The van der Waals surface area contributed by atoms with Crippen molar-refractivity contribution in [3.05, 3.63) is 47.7 Å². The first-order chi connectivity index (χ1) is 12.9. The Labute approximate surface area is 157 Å². The summed E-state index contributed by atoms with van der Waals surface area (Å²) < 4.78 is 1.67. The quantitative estimate of drug-likeness (QED) is 0.623. The Morgan fingerprint density at radius 2 is 2.15 bits per heavy atom. The molecule has 1 aliphatic carbocycles. The smallest absolute Gasteiger partial charge is 0.177 e. The Kier molecular flexibility index (Phi) is 4.21. The van der Waals surface area contributed by atoms with Crippen LogP contribution >= 0.6 is 0 Å². The molecule has 0 atom stereocenters. The minimum atomic E-state index is -0.767. The predicted molar refractivity (Wildman–Crippen MR) is 104 cm³/mol. The largest absolute Gasteiger partial charge is 0.390 e. The second-order valence-corrected chi connectivity index (χ2v) is 7.67. The summed E-state index contributed by atoms with van der Waals surface area (Å²) in [5.74, 6) is 1.46. The van der Waals surface area contributed by atoms with E-state index in [2.05, 4.69) is 26.8 Å². The van der Waals surface area contributed by atoms with Crippen LogP contribution in [0.3, 0.4) is 0 Å². The third-order valence-corrected chi connectivity index (χ3v) is 4.36. The Morgan fingerprint density at radius 1 is 1.33 bits per heavy atom. The molecule has 27 heavy (non-hydrogen) atoms. The lowest BCUT2D eigenvalue weighted by Crippen LogP contribution is -2.21. The van der Waals surface area contributed by atoms with Crippen molar-refractivity contribution in [2.24, 2.45) is 0 Å². The first-order valence-corrected chi connectivity index (χ1v) is 9.05. The van der Waals surface area contributed by atoms with Crippen LogP contribution in [0.1, 0.15) is 37.8 Å². The molecule has 0 spiro atoms. The summed E-state index contributed by atoms with van der Waals surface area (Å²) in [5, 5.41) is 30.4. The lowest BCUT2D eigenvalue weighted by molar-refractivity contribution is 0.0810. The molecule has 2 heterocycles. The van der Waals surface area contributed by atoms with Gasteiger partial charge in [-0.05, 0) is 44.4 Å². The molecule has 2 aromatic heterocycles. The highest BCUT2D eigenvalue weighted by Gasteiger charge is 2.23. The summed E-state index contributed by atoms with van der Waals surface area (Å²) in [6, 6.07) is 12.4. The fourth-order valence-corrected chi connectivity index (χ4v) is 3.05. The normalized spacial score (nSPS) is 14.1. The molecule has 0 bridgehead atoms. The summed E-state index contributed by atoms with van der Waals surface area (Å²) in [6.07, 6.45) is 4.37. The van der Waals surface area contributed by atoms with Crippen molar-refractivity contribution in [1.29, 1.82) is 5.26 Å². The average molecular weight is 362 g/mol. The van der Waals surface area contributed by atoms with Crippen molar-refractivity contribution in [2.45, 2.75) is 44.8 Å². The lowest BCUT2D eigenvalue weighted by atomic mass is 9.98. The highest BCUT2D eigenvalue weighted by Crippen LogP contribution is 2.28. The molecule has 1 fully saturated rings.